The van der Waals surface area contributed by atoms with Gasteiger partial charge in [0.2, 0.25) is 5.78 Å². The SMILES string of the molecule is COCc1cn2c(=O)c(Br)c(C(F)(F)F)nc2[nH]1. The van der Waals surface area contributed by atoms with Gasteiger partial charge < -0.3 is 9.72 Å². The van der Waals surface area contributed by atoms with Crippen molar-refractivity contribution in [3.05, 3.63) is 32.4 Å². The normalized spacial score (nSPS) is 12.3. The topological polar surface area (TPSA) is 59.4 Å². The van der Waals surface area contributed by atoms with Gasteiger partial charge >= 0.3 is 6.18 Å². The standard InChI is InChI=1S/C9H7BrF3N3O2/c1-18-3-4-2-16-7(17)5(10)6(9(11,12)13)15-8(16)14-4/h2H,3H2,1H3,(H,14,15). The van der Waals surface area contributed by atoms with E-state index in [1.54, 1.807) is 0 Å². The minimum atomic E-state index is -4.70. The molecule has 1 N–H and O–H groups in total. The second-order valence-electron chi connectivity index (χ2n) is 3.48. The first kappa shape index (κ1) is 13.1. The van der Waals surface area contributed by atoms with Gasteiger partial charge in [0.15, 0.2) is 5.69 Å². The molecule has 0 spiro atoms. The van der Waals surface area contributed by atoms with Gasteiger partial charge in [0.05, 0.1) is 12.3 Å². The monoisotopic (exact) mass is 325 g/mol. The molecule has 0 unspecified atom stereocenters. The number of nitrogens with one attached hydrogen (secondary N) is 1. The van der Waals surface area contributed by atoms with Crippen LogP contribution in [-0.2, 0) is 17.5 Å². The summed E-state index contributed by atoms with van der Waals surface area (Å²) in [4.78, 5) is 17.7. The molecule has 0 fully saturated rings. The molecule has 0 saturated heterocycles. The summed E-state index contributed by atoms with van der Waals surface area (Å²) < 4.78 is 43.1. The van der Waals surface area contributed by atoms with Crippen molar-refractivity contribution in [1.29, 1.82) is 0 Å². The Labute approximate surface area is 107 Å². The van der Waals surface area contributed by atoms with E-state index in [-0.39, 0.29) is 12.4 Å². The first-order chi connectivity index (χ1) is 8.34. The molecule has 0 amide bonds. The van der Waals surface area contributed by atoms with Crippen LogP contribution in [0.2, 0.25) is 0 Å². The fourth-order valence-corrected chi connectivity index (χ4v) is 1.97. The Morgan fingerprint density at radius 1 is 1.56 bits per heavy atom. The molecular weight excluding hydrogens is 319 g/mol. The summed E-state index contributed by atoms with van der Waals surface area (Å²) in [5.41, 5.74) is -1.63. The minimum absolute atomic E-state index is 0.141. The molecule has 0 aliphatic carbocycles. The van der Waals surface area contributed by atoms with E-state index in [0.29, 0.717) is 5.69 Å². The Hall–Kier alpha value is -1.35. The number of methoxy groups -OCH3 is 1. The summed E-state index contributed by atoms with van der Waals surface area (Å²) in [6.07, 6.45) is -3.35. The average molecular weight is 326 g/mol. The Kier molecular flexibility index (Phi) is 3.20. The van der Waals surface area contributed by atoms with Crippen molar-refractivity contribution in [2.24, 2.45) is 0 Å². The Morgan fingerprint density at radius 3 is 2.78 bits per heavy atom. The minimum Gasteiger partial charge on any atom is -0.378 e. The number of ether oxygens (including phenoxy) is 1. The van der Waals surface area contributed by atoms with Crippen molar-refractivity contribution in [2.75, 3.05) is 7.11 Å². The highest BCUT2D eigenvalue weighted by Crippen LogP contribution is 2.31. The zero-order chi connectivity index (χ0) is 13.5. The average Bonchev–Trinajstić information content (AvgIpc) is 2.65. The van der Waals surface area contributed by atoms with Crippen LogP contribution in [-0.4, -0.2) is 21.5 Å². The third-order valence-electron chi connectivity index (χ3n) is 2.19. The van der Waals surface area contributed by atoms with Crippen molar-refractivity contribution in [2.45, 2.75) is 12.8 Å². The molecular formula is C9H7BrF3N3O2. The Balaban J connectivity index is 2.72. The maximum Gasteiger partial charge on any atom is 0.434 e. The van der Waals surface area contributed by atoms with Crippen LogP contribution in [0.15, 0.2) is 15.5 Å². The molecule has 0 atom stereocenters. The Morgan fingerprint density at radius 2 is 2.22 bits per heavy atom. The van der Waals surface area contributed by atoms with Crippen LogP contribution in [0.5, 0.6) is 0 Å². The summed E-state index contributed by atoms with van der Waals surface area (Å²) in [7, 11) is 1.43. The third kappa shape index (κ3) is 2.15. The number of aromatic nitrogens is 3. The molecule has 18 heavy (non-hydrogen) atoms. The fourth-order valence-electron chi connectivity index (χ4n) is 1.47. The van der Waals surface area contributed by atoms with Crippen molar-refractivity contribution < 1.29 is 17.9 Å². The third-order valence-corrected chi connectivity index (χ3v) is 2.90. The number of halogens is 4. The number of nitrogens with zero attached hydrogens (tertiary/aromatic N) is 2. The predicted octanol–water partition coefficient (Wildman–Crippen LogP) is 1.95. The van der Waals surface area contributed by atoms with Crippen molar-refractivity contribution in [1.82, 2.24) is 14.4 Å². The number of hydrogen-bond acceptors (Lipinski definition) is 3. The molecule has 0 aliphatic rings. The van der Waals surface area contributed by atoms with Crippen LogP contribution in [0, 0.1) is 0 Å². The summed E-state index contributed by atoms with van der Waals surface area (Å²) in [5, 5.41) is 0. The summed E-state index contributed by atoms with van der Waals surface area (Å²) in [6, 6.07) is 0. The molecule has 0 radical (unpaired) electrons. The van der Waals surface area contributed by atoms with Crippen LogP contribution >= 0.6 is 15.9 Å². The van der Waals surface area contributed by atoms with Crippen molar-refractivity contribution in [3.8, 4) is 0 Å². The van der Waals surface area contributed by atoms with Crippen LogP contribution in [0.25, 0.3) is 5.78 Å². The highest BCUT2D eigenvalue weighted by Gasteiger charge is 2.37. The first-order valence-electron chi connectivity index (χ1n) is 4.70. The summed E-state index contributed by atoms with van der Waals surface area (Å²) >= 11 is 2.62. The second kappa shape index (κ2) is 4.39. The highest BCUT2D eigenvalue weighted by molar-refractivity contribution is 9.10. The van der Waals surface area contributed by atoms with Crippen LogP contribution in [0.4, 0.5) is 13.2 Å². The van der Waals surface area contributed by atoms with Gasteiger partial charge in [0, 0.05) is 13.3 Å². The lowest BCUT2D eigenvalue weighted by atomic mass is 10.4. The van der Waals surface area contributed by atoms with Gasteiger partial charge in [-0.05, 0) is 15.9 Å². The number of imidazole rings is 1. The Bertz CT molecular complexity index is 647. The van der Waals surface area contributed by atoms with E-state index < -0.39 is 21.9 Å². The lowest BCUT2D eigenvalue weighted by Gasteiger charge is -2.07. The van der Waals surface area contributed by atoms with Crippen LogP contribution < -0.4 is 5.56 Å². The molecule has 98 valence electrons. The lowest BCUT2D eigenvalue weighted by molar-refractivity contribution is -0.141. The smallest absolute Gasteiger partial charge is 0.378 e. The van der Waals surface area contributed by atoms with Gasteiger partial charge in [-0.3, -0.25) is 9.20 Å². The van der Waals surface area contributed by atoms with E-state index >= 15 is 0 Å². The van der Waals surface area contributed by atoms with E-state index in [0.717, 1.165) is 4.40 Å². The molecule has 0 saturated carbocycles. The van der Waals surface area contributed by atoms with Gasteiger partial charge in [0.25, 0.3) is 5.56 Å². The summed E-state index contributed by atoms with van der Waals surface area (Å²) in [5.74, 6) is -0.178. The maximum atomic E-state index is 12.6. The maximum absolute atomic E-state index is 12.6. The number of hydrogen-bond donors (Lipinski definition) is 1. The second-order valence-corrected chi connectivity index (χ2v) is 4.28. The van der Waals surface area contributed by atoms with E-state index in [9.17, 15) is 18.0 Å². The van der Waals surface area contributed by atoms with Gasteiger partial charge in [-0.1, -0.05) is 0 Å². The van der Waals surface area contributed by atoms with Gasteiger partial charge in [0.1, 0.15) is 4.47 Å². The zero-order valence-electron chi connectivity index (χ0n) is 9.01. The van der Waals surface area contributed by atoms with Crippen molar-refractivity contribution >= 4 is 21.7 Å². The largest absolute Gasteiger partial charge is 0.434 e. The lowest BCUT2D eigenvalue weighted by Crippen LogP contribution is -2.21. The van der Waals surface area contributed by atoms with Crippen LogP contribution in [0.3, 0.4) is 0 Å². The molecule has 2 aromatic rings. The quantitative estimate of drug-likeness (QED) is 0.918. The van der Waals surface area contributed by atoms with Crippen molar-refractivity contribution in [3.63, 3.8) is 0 Å². The van der Waals surface area contributed by atoms with Gasteiger partial charge in [-0.2, -0.15) is 13.2 Å². The van der Waals surface area contributed by atoms with Gasteiger partial charge in [-0.25, -0.2) is 4.98 Å². The number of H-pyrrole nitrogens is 1. The molecule has 2 rings (SSSR count). The predicted molar refractivity (Wildman–Crippen MR) is 59.2 cm³/mol. The van der Waals surface area contributed by atoms with Crippen LogP contribution in [0.1, 0.15) is 11.4 Å². The number of fused-ring (bicyclic) bond motifs is 1. The molecule has 2 aromatic heterocycles. The van der Waals surface area contributed by atoms with E-state index in [1.165, 1.54) is 13.3 Å². The highest BCUT2D eigenvalue weighted by atomic mass is 79.9. The molecule has 0 aliphatic heterocycles. The van der Waals surface area contributed by atoms with E-state index in [1.807, 2.05) is 0 Å². The molecule has 9 heteroatoms. The zero-order valence-corrected chi connectivity index (χ0v) is 10.6. The van der Waals surface area contributed by atoms with E-state index in [2.05, 4.69) is 25.9 Å². The summed E-state index contributed by atoms with van der Waals surface area (Å²) in [6.45, 7) is 0.141. The number of aromatic amines is 1. The number of rotatable bonds is 2. The molecule has 0 aromatic carbocycles. The molecule has 2 heterocycles. The first-order valence-corrected chi connectivity index (χ1v) is 5.49. The number of alkyl halides is 3. The van der Waals surface area contributed by atoms with Gasteiger partial charge in [-0.15, -0.1) is 0 Å². The fraction of sp³-hybridized carbons (Fsp3) is 0.333. The molecule has 5 nitrogen and oxygen atoms in total. The van der Waals surface area contributed by atoms with E-state index in [4.69, 9.17) is 4.74 Å². The molecule has 0 bridgehead atoms.